The van der Waals surface area contributed by atoms with Crippen molar-refractivity contribution in [1.29, 1.82) is 0 Å². The van der Waals surface area contributed by atoms with Crippen LogP contribution in [0.3, 0.4) is 0 Å². The second kappa shape index (κ2) is 6.54. The lowest BCUT2D eigenvalue weighted by atomic mass is 10.1. The van der Waals surface area contributed by atoms with Gasteiger partial charge in [-0.15, -0.1) is 0 Å². The number of amides is 1. The zero-order valence-corrected chi connectivity index (χ0v) is 14.7. The van der Waals surface area contributed by atoms with Crippen LogP contribution in [0, 0.1) is 0 Å². The number of methoxy groups -OCH3 is 1. The maximum atomic E-state index is 12.5. The number of aromatic amines is 1. The average Bonchev–Trinajstić information content (AvgIpc) is 3.03. The topological polar surface area (TPSA) is 136 Å². The number of aromatic hydroxyl groups is 1. The van der Waals surface area contributed by atoms with E-state index in [4.69, 9.17) is 10.5 Å². The predicted octanol–water partition coefficient (Wildman–Crippen LogP) is 1.59. The molecule has 2 aromatic carbocycles. The fourth-order valence-electron chi connectivity index (χ4n) is 2.97. The minimum Gasteiger partial charge on any atom is -0.504 e. The number of phenols is 1. The lowest BCUT2D eigenvalue weighted by Gasteiger charge is -2.09. The molecule has 140 valence electrons. The Labute approximate surface area is 158 Å². The first-order valence-electron chi connectivity index (χ1n) is 8.25. The van der Waals surface area contributed by atoms with E-state index in [1.54, 1.807) is 42.5 Å². The van der Waals surface area contributed by atoms with E-state index < -0.39 is 11.6 Å². The molecule has 0 bridgehead atoms. The number of nitrogens with one attached hydrogen (secondary N) is 1. The quantitative estimate of drug-likeness (QED) is 0.494. The summed E-state index contributed by atoms with van der Waals surface area (Å²) < 4.78 is 6.42. The number of primary amides is 1. The molecule has 0 fully saturated rings. The van der Waals surface area contributed by atoms with Gasteiger partial charge in [0.25, 0.3) is 5.91 Å². The van der Waals surface area contributed by atoms with Crippen LogP contribution in [0.4, 0.5) is 0 Å². The molecule has 2 aromatic heterocycles. The van der Waals surface area contributed by atoms with Crippen molar-refractivity contribution in [3.05, 3.63) is 64.7 Å². The maximum Gasteiger partial charge on any atom is 0.332 e. The first-order chi connectivity index (χ1) is 13.5. The molecule has 0 aliphatic heterocycles. The molecule has 9 heteroatoms. The molecule has 0 unspecified atom stereocenters. The normalized spacial score (nSPS) is 10.9. The largest absolute Gasteiger partial charge is 0.504 e. The Balaban J connectivity index is 2.08. The monoisotopic (exact) mass is 377 g/mol. The molecule has 0 saturated carbocycles. The minimum absolute atomic E-state index is 0.0291. The van der Waals surface area contributed by atoms with Crippen molar-refractivity contribution in [3.8, 4) is 28.6 Å². The van der Waals surface area contributed by atoms with Crippen molar-refractivity contribution in [2.75, 3.05) is 7.11 Å². The third-order valence-electron chi connectivity index (χ3n) is 4.24. The standard InChI is InChI=1S/C19H15N5O4/c1-28-12-9-5-8-11(15(12)25)17-21-13(16(20)26)14-18(23-17)24(19(27)22-14)10-6-3-2-4-7-10/h2-9,25H,1H3,(H2,20,26)(H,22,27). The molecule has 4 rings (SSSR count). The molecule has 0 aliphatic rings. The first-order valence-corrected chi connectivity index (χ1v) is 8.25. The molecule has 4 N–H and O–H groups in total. The highest BCUT2D eigenvalue weighted by atomic mass is 16.5. The van der Waals surface area contributed by atoms with Gasteiger partial charge < -0.3 is 20.6 Å². The lowest BCUT2D eigenvalue weighted by Crippen LogP contribution is -2.15. The fraction of sp³-hybridized carbons (Fsp3) is 0.0526. The van der Waals surface area contributed by atoms with Crippen LogP contribution in [0.25, 0.3) is 28.2 Å². The second-order valence-electron chi connectivity index (χ2n) is 5.92. The van der Waals surface area contributed by atoms with Gasteiger partial charge in [0.15, 0.2) is 28.7 Å². The molecule has 0 saturated heterocycles. The molecule has 0 radical (unpaired) electrons. The Morgan fingerprint density at radius 3 is 2.57 bits per heavy atom. The number of nitrogens with two attached hydrogens (primary N) is 1. The number of rotatable bonds is 4. The minimum atomic E-state index is -0.836. The second-order valence-corrected chi connectivity index (χ2v) is 5.92. The lowest BCUT2D eigenvalue weighted by molar-refractivity contribution is 0.0997. The molecule has 0 atom stereocenters. The molecular formula is C19H15N5O4. The number of imidazole rings is 1. The number of carbonyl (C=O) groups is 1. The number of nitrogens with zero attached hydrogens (tertiary/aromatic N) is 3. The maximum absolute atomic E-state index is 12.5. The summed E-state index contributed by atoms with van der Waals surface area (Å²) in [6.45, 7) is 0. The highest BCUT2D eigenvalue weighted by molar-refractivity contribution is 6.02. The van der Waals surface area contributed by atoms with Gasteiger partial charge in [-0.05, 0) is 24.3 Å². The number of hydrogen-bond donors (Lipinski definition) is 3. The van der Waals surface area contributed by atoms with Crippen LogP contribution < -0.4 is 16.2 Å². The van der Waals surface area contributed by atoms with Crippen LogP contribution >= 0.6 is 0 Å². The van der Waals surface area contributed by atoms with Crippen LogP contribution in [0.2, 0.25) is 0 Å². The summed E-state index contributed by atoms with van der Waals surface area (Å²) in [5.41, 5.74) is 5.88. The molecule has 28 heavy (non-hydrogen) atoms. The van der Waals surface area contributed by atoms with Gasteiger partial charge in [-0.3, -0.25) is 4.79 Å². The third kappa shape index (κ3) is 2.65. The number of phenolic OH excluding ortho intramolecular Hbond substituents is 1. The van der Waals surface area contributed by atoms with Crippen molar-refractivity contribution in [3.63, 3.8) is 0 Å². The summed E-state index contributed by atoms with van der Waals surface area (Å²) >= 11 is 0. The van der Waals surface area contributed by atoms with Gasteiger partial charge in [-0.1, -0.05) is 24.3 Å². The molecule has 2 heterocycles. The number of ether oxygens (including phenoxy) is 1. The summed E-state index contributed by atoms with van der Waals surface area (Å²) in [7, 11) is 1.41. The fourth-order valence-corrected chi connectivity index (χ4v) is 2.97. The number of H-pyrrole nitrogens is 1. The third-order valence-corrected chi connectivity index (χ3v) is 4.24. The van der Waals surface area contributed by atoms with Gasteiger partial charge in [0.1, 0.15) is 5.52 Å². The smallest absolute Gasteiger partial charge is 0.332 e. The van der Waals surface area contributed by atoms with E-state index >= 15 is 0 Å². The van der Waals surface area contributed by atoms with Crippen LogP contribution in [0.15, 0.2) is 53.3 Å². The van der Waals surface area contributed by atoms with Gasteiger partial charge >= 0.3 is 5.69 Å². The molecule has 9 nitrogen and oxygen atoms in total. The highest BCUT2D eigenvalue weighted by Gasteiger charge is 2.22. The predicted molar refractivity (Wildman–Crippen MR) is 102 cm³/mol. The summed E-state index contributed by atoms with van der Waals surface area (Å²) in [4.78, 5) is 35.7. The van der Waals surface area contributed by atoms with Crippen LogP contribution in [-0.2, 0) is 0 Å². The summed E-state index contributed by atoms with van der Waals surface area (Å²) in [5, 5.41) is 10.4. The van der Waals surface area contributed by atoms with E-state index in [1.807, 2.05) is 6.07 Å². The van der Waals surface area contributed by atoms with Crippen LogP contribution in [-0.4, -0.2) is 37.6 Å². The van der Waals surface area contributed by atoms with Crippen molar-refractivity contribution in [2.45, 2.75) is 0 Å². The summed E-state index contributed by atoms with van der Waals surface area (Å²) in [6, 6.07) is 13.6. The Morgan fingerprint density at radius 2 is 1.89 bits per heavy atom. The molecular weight excluding hydrogens is 362 g/mol. The number of para-hydroxylation sites is 2. The van der Waals surface area contributed by atoms with Crippen molar-refractivity contribution in [2.24, 2.45) is 5.73 Å². The van der Waals surface area contributed by atoms with Crippen molar-refractivity contribution >= 4 is 17.1 Å². The van der Waals surface area contributed by atoms with Crippen LogP contribution in [0.5, 0.6) is 11.5 Å². The number of fused-ring (bicyclic) bond motifs is 1. The summed E-state index contributed by atoms with van der Waals surface area (Å²) in [6.07, 6.45) is 0. The number of benzene rings is 2. The van der Waals surface area contributed by atoms with E-state index in [0.717, 1.165) is 0 Å². The van der Waals surface area contributed by atoms with E-state index in [9.17, 15) is 14.7 Å². The van der Waals surface area contributed by atoms with Gasteiger partial charge in [-0.25, -0.2) is 19.3 Å². The van der Waals surface area contributed by atoms with Gasteiger partial charge in [-0.2, -0.15) is 0 Å². The number of aromatic nitrogens is 4. The first kappa shape index (κ1) is 17.3. The molecule has 0 spiro atoms. The Kier molecular flexibility index (Phi) is 4.04. The average molecular weight is 377 g/mol. The van der Waals surface area contributed by atoms with E-state index in [-0.39, 0.29) is 39.7 Å². The van der Waals surface area contributed by atoms with Crippen molar-refractivity contribution < 1.29 is 14.6 Å². The SMILES string of the molecule is COc1cccc(-c2nc(C(N)=O)c3[nH]c(=O)n(-c4ccccc4)c3n2)c1O. The van der Waals surface area contributed by atoms with Gasteiger partial charge in [0.05, 0.1) is 18.4 Å². The van der Waals surface area contributed by atoms with Crippen LogP contribution in [0.1, 0.15) is 10.5 Å². The highest BCUT2D eigenvalue weighted by Crippen LogP contribution is 2.35. The van der Waals surface area contributed by atoms with E-state index in [2.05, 4.69) is 15.0 Å². The van der Waals surface area contributed by atoms with E-state index in [1.165, 1.54) is 11.7 Å². The Bertz CT molecular complexity index is 1260. The number of carbonyl (C=O) groups excluding carboxylic acids is 1. The Hall–Kier alpha value is -4.14. The number of hydrogen-bond acceptors (Lipinski definition) is 6. The zero-order valence-electron chi connectivity index (χ0n) is 14.7. The molecule has 0 aliphatic carbocycles. The molecule has 4 aromatic rings. The van der Waals surface area contributed by atoms with Gasteiger partial charge in [0, 0.05) is 0 Å². The summed E-state index contributed by atoms with van der Waals surface area (Å²) in [5.74, 6) is -0.779. The van der Waals surface area contributed by atoms with E-state index in [0.29, 0.717) is 5.69 Å². The Morgan fingerprint density at radius 1 is 1.14 bits per heavy atom. The molecule has 1 amide bonds. The van der Waals surface area contributed by atoms with Crippen molar-refractivity contribution in [1.82, 2.24) is 19.5 Å². The zero-order chi connectivity index (χ0) is 19.8. The van der Waals surface area contributed by atoms with Gasteiger partial charge in [0.2, 0.25) is 0 Å².